The van der Waals surface area contributed by atoms with Crippen molar-refractivity contribution in [2.75, 3.05) is 20.1 Å². The van der Waals surface area contributed by atoms with Crippen LogP contribution in [0.2, 0.25) is 0 Å². The van der Waals surface area contributed by atoms with E-state index in [9.17, 15) is 4.79 Å². The lowest BCUT2D eigenvalue weighted by Crippen LogP contribution is -2.38. The Balaban J connectivity index is 2.31. The largest absolute Gasteiger partial charge is 0.341 e. The number of carbonyl (C=O) groups excluding carboxylic acids is 1. The second-order valence-electron chi connectivity index (χ2n) is 3.48. The Labute approximate surface area is 79.8 Å². The number of nitrogens with zero attached hydrogens (tertiary/aromatic N) is 1. The van der Waals surface area contributed by atoms with Crippen molar-refractivity contribution in [2.24, 2.45) is 0 Å². The molecule has 0 aromatic carbocycles. The number of amides is 1. The van der Waals surface area contributed by atoms with E-state index in [2.05, 4.69) is 11.9 Å². The second kappa shape index (κ2) is 5.02. The molecular formula is C10H18N2O. The first-order chi connectivity index (χ1) is 6.25. The number of likely N-dealkylation sites (N-methyl/N-ethyl adjacent to an activating group) is 1. The summed E-state index contributed by atoms with van der Waals surface area (Å²) in [5.41, 5.74) is 0. The average molecular weight is 182 g/mol. The van der Waals surface area contributed by atoms with Gasteiger partial charge >= 0.3 is 0 Å². The molecule has 1 aliphatic rings. The van der Waals surface area contributed by atoms with Gasteiger partial charge in [-0.25, -0.2) is 0 Å². The number of hydrogen-bond acceptors (Lipinski definition) is 2. The minimum atomic E-state index is 0.230. The highest BCUT2D eigenvalue weighted by atomic mass is 16.2. The predicted octanol–water partition coefficient (Wildman–Crippen LogP) is 0.773. The summed E-state index contributed by atoms with van der Waals surface area (Å²) in [5.74, 6) is 0.230. The third-order valence-corrected chi connectivity index (χ3v) is 2.54. The molecule has 1 N–H and O–H groups in total. The monoisotopic (exact) mass is 182 g/mol. The maximum Gasteiger partial charge on any atom is 0.222 e. The minimum absolute atomic E-state index is 0.230. The first-order valence-electron chi connectivity index (χ1n) is 4.83. The molecule has 1 fully saturated rings. The standard InChI is InChI=1S/C10H18N2O/c1-3-4-5-10(13)12(2)9-6-7-11-8-9/h3,9,11H,1,4-8H2,2H3. The fraction of sp³-hybridized carbons (Fsp3) is 0.700. The fourth-order valence-corrected chi connectivity index (χ4v) is 1.58. The van der Waals surface area contributed by atoms with Gasteiger partial charge in [0.2, 0.25) is 5.91 Å². The molecule has 3 heteroatoms. The van der Waals surface area contributed by atoms with Gasteiger partial charge in [0.1, 0.15) is 0 Å². The van der Waals surface area contributed by atoms with Crippen molar-refractivity contribution in [3.05, 3.63) is 12.7 Å². The van der Waals surface area contributed by atoms with Crippen LogP contribution in [0.4, 0.5) is 0 Å². The second-order valence-corrected chi connectivity index (χ2v) is 3.48. The zero-order valence-corrected chi connectivity index (χ0v) is 8.25. The average Bonchev–Trinajstić information content (AvgIpc) is 2.65. The molecule has 1 unspecified atom stereocenters. The van der Waals surface area contributed by atoms with Crippen LogP contribution in [0.5, 0.6) is 0 Å². The summed E-state index contributed by atoms with van der Waals surface area (Å²) >= 11 is 0. The molecule has 3 nitrogen and oxygen atoms in total. The Morgan fingerprint density at radius 2 is 2.54 bits per heavy atom. The summed E-state index contributed by atoms with van der Waals surface area (Å²) < 4.78 is 0. The fourth-order valence-electron chi connectivity index (χ4n) is 1.58. The van der Waals surface area contributed by atoms with Crippen molar-refractivity contribution in [3.8, 4) is 0 Å². The summed E-state index contributed by atoms with van der Waals surface area (Å²) in [6.07, 6.45) is 4.24. The van der Waals surface area contributed by atoms with Crippen LogP contribution >= 0.6 is 0 Å². The van der Waals surface area contributed by atoms with E-state index >= 15 is 0 Å². The molecule has 1 amide bonds. The lowest BCUT2D eigenvalue weighted by molar-refractivity contribution is -0.131. The normalized spacial score (nSPS) is 21.5. The van der Waals surface area contributed by atoms with Gasteiger partial charge in [-0.05, 0) is 19.4 Å². The van der Waals surface area contributed by atoms with Gasteiger partial charge in [0.15, 0.2) is 0 Å². The Bertz CT molecular complexity index is 185. The molecule has 1 rings (SSSR count). The van der Waals surface area contributed by atoms with Crippen molar-refractivity contribution < 1.29 is 4.79 Å². The molecule has 0 spiro atoms. The molecule has 0 radical (unpaired) electrons. The number of allylic oxidation sites excluding steroid dienone is 1. The molecule has 1 atom stereocenters. The van der Waals surface area contributed by atoms with E-state index in [0.717, 1.165) is 25.9 Å². The summed E-state index contributed by atoms with van der Waals surface area (Å²) in [7, 11) is 1.89. The summed E-state index contributed by atoms with van der Waals surface area (Å²) in [4.78, 5) is 13.4. The Hall–Kier alpha value is -0.830. The lowest BCUT2D eigenvalue weighted by atomic mass is 10.2. The van der Waals surface area contributed by atoms with E-state index in [4.69, 9.17) is 0 Å². The zero-order valence-electron chi connectivity index (χ0n) is 8.25. The molecule has 1 saturated heterocycles. The predicted molar refractivity (Wildman–Crippen MR) is 53.5 cm³/mol. The van der Waals surface area contributed by atoms with Crippen LogP contribution in [0.1, 0.15) is 19.3 Å². The summed E-state index contributed by atoms with van der Waals surface area (Å²) in [6, 6.07) is 0.400. The number of carbonyl (C=O) groups is 1. The molecule has 0 aliphatic carbocycles. The lowest BCUT2D eigenvalue weighted by Gasteiger charge is -2.23. The van der Waals surface area contributed by atoms with Gasteiger partial charge in [0.25, 0.3) is 0 Å². The molecule has 0 aromatic rings. The molecule has 1 heterocycles. The van der Waals surface area contributed by atoms with Crippen LogP contribution in [0.3, 0.4) is 0 Å². The van der Waals surface area contributed by atoms with Crippen LogP contribution in [0, 0.1) is 0 Å². The first-order valence-corrected chi connectivity index (χ1v) is 4.83. The van der Waals surface area contributed by atoms with Crippen LogP contribution in [-0.2, 0) is 4.79 Å². The molecule has 13 heavy (non-hydrogen) atoms. The quantitative estimate of drug-likeness (QED) is 0.651. The third kappa shape index (κ3) is 2.84. The maximum absolute atomic E-state index is 11.5. The SMILES string of the molecule is C=CCCC(=O)N(C)C1CCNC1. The van der Waals surface area contributed by atoms with Crippen LogP contribution in [-0.4, -0.2) is 37.0 Å². The van der Waals surface area contributed by atoms with E-state index in [1.165, 1.54) is 0 Å². The van der Waals surface area contributed by atoms with E-state index in [1.54, 1.807) is 6.08 Å². The van der Waals surface area contributed by atoms with E-state index < -0.39 is 0 Å². The highest BCUT2D eigenvalue weighted by molar-refractivity contribution is 5.76. The minimum Gasteiger partial charge on any atom is -0.341 e. The highest BCUT2D eigenvalue weighted by Gasteiger charge is 2.22. The number of rotatable bonds is 4. The van der Waals surface area contributed by atoms with Crippen LogP contribution < -0.4 is 5.32 Å². The van der Waals surface area contributed by atoms with Gasteiger partial charge in [0.05, 0.1) is 0 Å². The van der Waals surface area contributed by atoms with Crippen molar-refractivity contribution in [1.29, 1.82) is 0 Å². The van der Waals surface area contributed by atoms with Crippen LogP contribution in [0.15, 0.2) is 12.7 Å². The highest BCUT2D eigenvalue weighted by Crippen LogP contribution is 2.08. The molecule has 0 saturated carbocycles. The third-order valence-electron chi connectivity index (χ3n) is 2.54. The van der Waals surface area contributed by atoms with Gasteiger partial charge < -0.3 is 10.2 Å². The van der Waals surface area contributed by atoms with E-state index in [-0.39, 0.29) is 5.91 Å². The number of hydrogen-bond donors (Lipinski definition) is 1. The Morgan fingerprint density at radius 1 is 1.77 bits per heavy atom. The Morgan fingerprint density at radius 3 is 3.08 bits per heavy atom. The van der Waals surface area contributed by atoms with Crippen LogP contribution in [0.25, 0.3) is 0 Å². The molecule has 1 aliphatic heterocycles. The number of nitrogens with one attached hydrogen (secondary N) is 1. The molecule has 0 aromatic heterocycles. The molecular weight excluding hydrogens is 164 g/mol. The molecule has 0 bridgehead atoms. The van der Waals surface area contributed by atoms with Crippen molar-refractivity contribution >= 4 is 5.91 Å². The zero-order chi connectivity index (χ0) is 9.68. The van der Waals surface area contributed by atoms with Gasteiger partial charge in [0, 0.05) is 26.1 Å². The Kier molecular flexibility index (Phi) is 3.96. The first kappa shape index (κ1) is 10.3. The summed E-state index contributed by atoms with van der Waals surface area (Å²) in [5, 5.41) is 3.25. The summed E-state index contributed by atoms with van der Waals surface area (Å²) in [6.45, 7) is 5.58. The van der Waals surface area contributed by atoms with Crippen molar-refractivity contribution in [1.82, 2.24) is 10.2 Å². The van der Waals surface area contributed by atoms with E-state index in [0.29, 0.717) is 12.5 Å². The molecule has 74 valence electrons. The smallest absolute Gasteiger partial charge is 0.222 e. The van der Waals surface area contributed by atoms with Crippen molar-refractivity contribution in [3.63, 3.8) is 0 Å². The van der Waals surface area contributed by atoms with E-state index in [1.807, 2.05) is 11.9 Å². The maximum atomic E-state index is 11.5. The topological polar surface area (TPSA) is 32.3 Å². The van der Waals surface area contributed by atoms with Gasteiger partial charge in [-0.3, -0.25) is 4.79 Å². The van der Waals surface area contributed by atoms with Gasteiger partial charge in [-0.2, -0.15) is 0 Å². The van der Waals surface area contributed by atoms with Gasteiger partial charge in [-0.1, -0.05) is 6.08 Å². The van der Waals surface area contributed by atoms with Crippen molar-refractivity contribution in [2.45, 2.75) is 25.3 Å². The van der Waals surface area contributed by atoms with Gasteiger partial charge in [-0.15, -0.1) is 6.58 Å².